The van der Waals surface area contributed by atoms with Gasteiger partial charge in [-0.15, -0.1) is 0 Å². The number of urea groups is 1. The Labute approximate surface area is 146 Å². The van der Waals surface area contributed by atoms with Gasteiger partial charge in [0.15, 0.2) is 0 Å². The third kappa shape index (κ3) is 7.03. The molecule has 0 unspecified atom stereocenters. The largest absolute Gasteiger partial charge is 0.354 e. The molecule has 6 heteroatoms. The smallest absolute Gasteiger partial charge is 0.315 e. The lowest BCUT2D eigenvalue weighted by atomic mass is 10.1. The lowest BCUT2D eigenvalue weighted by Crippen LogP contribution is -2.42. The van der Waals surface area contributed by atoms with E-state index < -0.39 is 6.03 Å². The van der Waals surface area contributed by atoms with Crippen LogP contribution in [0.15, 0.2) is 48.5 Å². The van der Waals surface area contributed by atoms with Gasteiger partial charge in [0.1, 0.15) is 5.82 Å². The van der Waals surface area contributed by atoms with Crippen LogP contribution in [-0.2, 0) is 17.8 Å². The Kier molecular flexibility index (Phi) is 6.95. The van der Waals surface area contributed by atoms with E-state index >= 15 is 0 Å². The number of hydrogen-bond donors (Lipinski definition) is 3. The van der Waals surface area contributed by atoms with E-state index in [0.29, 0.717) is 19.5 Å². The number of nitrogens with one attached hydrogen (secondary N) is 3. The van der Waals surface area contributed by atoms with Crippen molar-refractivity contribution in [3.05, 3.63) is 71.0 Å². The molecule has 5 nitrogen and oxygen atoms in total. The number of carbonyl (C=O) groups excluding carboxylic acids is 2. The van der Waals surface area contributed by atoms with Crippen molar-refractivity contribution in [2.24, 2.45) is 0 Å². The van der Waals surface area contributed by atoms with Crippen LogP contribution in [0.5, 0.6) is 0 Å². The van der Waals surface area contributed by atoms with Gasteiger partial charge in [0, 0.05) is 13.1 Å². The van der Waals surface area contributed by atoms with Gasteiger partial charge in [0.2, 0.25) is 5.91 Å². The summed E-state index contributed by atoms with van der Waals surface area (Å²) >= 11 is 0. The van der Waals surface area contributed by atoms with Crippen molar-refractivity contribution in [1.82, 2.24) is 16.0 Å². The summed E-state index contributed by atoms with van der Waals surface area (Å²) < 4.78 is 12.8. The standard InChI is InChI=1S/C19H22FN3O2/c1-14-2-4-16(5-3-14)12-22-19(25)23-13-18(24)21-11-10-15-6-8-17(20)9-7-15/h2-9H,10-13H2,1H3,(H,21,24)(H2,22,23,25). The fraction of sp³-hybridized carbons (Fsp3) is 0.263. The average molecular weight is 343 g/mol. The van der Waals surface area contributed by atoms with Crippen molar-refractivity contribution in [2.45, 2.75) is 19.9 Å². The summed E-state index contributed by atoms with van der Waals surface area (Å²) in [5.74, 6) is -0.554. The highest BCUT2D eigenvalue weighted by molar-refractivity contribution is 5.83. The molecule has 0 saturated carbocycles. The fourth-order valence-electron chi connectivity index (χ4n) is 2.17. The highest BCUT2D eigenvalue weighted by Crippen LogP contribution is 2.03. The number of carbonyl (C=O) groups is 2. The summed E-state index contributed by atoms with van der Waals surface area (Å²) in [6, 6.07) is 13.6. The number of halogens is 1. The van der Waals surface area contributed by atoms with E-state index in [4.69, 9.17) is 0 Å². The van der Waals surface area contributed by atoms with Gasteiger partial charge in [-0.05, 0) is 36.6 Å². The molecule has 0 aliphatic rings. The van der Waals surface area contributed by atoms with Crippen LogP contribution in [0.3, 0.4) is 0 Å². The third-order valence-electron chi connectivity index (χ3n) is 3.63. The molecule has 0 radical (unpaired) electrons. The summed E-state index contributed by atoms with van der Waals surface area (Å²) in [4.78, 5) is 23.4. The maximum atomic E-state index is 12.8. The molecule has 25 heavy (non-hydrogen) atoms. The summed E-state index contributed by atoms with van der Waals surface area (Å²) in [6.07, 6.45) is 0.603. The molecule has 0 spiro atoms. The maximum Gasteiger partial charge on any atom is 0.315 e. The van der Waals surface area contributed by atoms with E-state index in [1.54, 1.807) is 12.1 Å². The number of hydrogen-bond acceptors (Lipinski definition) is 2. The Morgan fingerprint density at radius 1 is 0.880 bits per heavy atom. The van der Waals surface area contributed by atoms with Crippen LogP contribution < -0.4 is 16.0 Å². The van der Waals surface area contributed by atoms with Gasteiger partial charge in [0.05, 0.1) is 6.54 Å². The number of benzene rings is 2. The minimum absolute atomic E-state index is 0.0941. The first-order valence-corrected chi connectivity index (χ1v) is 8.11. The Bertz CT molecular complexity index is 700. The van der Waals surface area contributed by atoms with E-state index in [1.165, 1.54) is 12.1 Å². The summed E-state index contributed by atoms with van der Waals surface area (Å²) in [5, 5.41) is 7.91. The lowest BCUT2D eigenvalue weighted by Gasteiger charge is -2.09. The number of aryl methyl sites for hydroxylation is 1. The Morgan fingerprint density at radius 3 is 2.20 bits per heavy atom. The fourth-order valence-corrected chi connectivity index (χ4v) is 2.17. The van der Waals surface area contributed by atoms with Gasteiger partial charge in [-0.25, -0.2) is 9.18 Å². The topological polar surface area (TPSA) is 70.2 Å². The first-order chi connectivity index (χ1) is 12.0. The van der Waals surface area contributed by atoms with Crippen molar-refractivity contribution < 1.29 is 14.0 Å². The zero-order chi connectivity index (χ0) is 18.1. The third-order valence-corrected chi connectivity index (χ3v) is 3.63. The Morgan fingerprint density at radius 2 is 1.52 bits per heavy atom. The average Bonchev–Trinajstić information content (AvgIpc) is 2.61. The van der Waals surface area contributed by atoms with Crippen LogP contribution in [0, 0.1) is 12.7 Å². The molecule has 2 rings (SSSR count). The molecule has 2 aromatic rings. The molecule has 0 saturated heterocycles. The van der Waals surface area contributed by atoms with Crippen molar-refractivity contribution >= 4 is 11.9 Å². The second-order valence-corrected chi connectivity index (χ2v) is 5.75. The van der Waals surface area contributed by atoms with Gasteiger partial charge in [-0.3, -0.25) is 4.79 Å². The van der Waals surface area contributed by atoms with E-state index in [9.17, 15) is 14.0 Å². The lowest BCUT2D eigenvalue weighted by molar-refractivity contribution is -0.120. The zero-order valence-corrected chi connectivity index (χ0v) is 14.1. The minimum Gasteiger partial charge on any atom is -0.354 e. The van der Waals surface area contributed by atoms with Crippen LogP contribution in [0.1, 0.15) is 16.7 Å². The van der Waals surface area contributed by atoms with E-state index in [0.717, 1.165) is 16.7 Å². The second-order valence-electron chi connectivity index (χ2n) is 5.75. The molecular weight excluding hydrogens is 321 g/mol. The highest BCUT2D eigenvalue weighted by atomic mass is 19.1. The summed E-state index contributed by atoms with van der Waals surface area (Å²) in [6.45, 7) is 2.73. The first-order valence-electron chi connectivity index (χ1n) is 8.11. The molecular formula is C19H22FN3O2. The molecule has 3 amide bonds. The summed E-state index contributed by atoms with van der Waals surface area (Å²) in [5.41, 5.74) is 3.08. The van der Waals surface area contributed by atoms with Crippen molar-refractivity contribution in [3.8, 4) is 0 Å². The quantitative estimate of drug-likeness (QED) is 0.722. The van der Waals surface area contributed by atoms with Crippen LogP contribution in [0.4, 0.5) is 9.18 Å². The van der Waals surface area contributed by atoms with Crippen LogP contribution >= 0.6 is 0 Å². The highest BCUT2D eigenvalue weighted by Gasteiger charge is 2.05. The van der Waals surface area contributed by atoms with E-state index in [2.05, 4.69) is 16.0 Å². The Balaban J connectivity index is 1.59. The van der Waals surface area contributed by atoms with Gasteiger partial charge in [0.25, 0.3) is 0 Å². The van der Waals surface area contributed by atoms with Crippen LogP contribution in [0.25, 0.3) is 0 Å². The van der Waals surface area contributed by atoms with Crippen LogP contribution in [0.2, 0.25) is 0 Å². The zero-order valence-electron chi connectivity index (χ0n) is 14.1. The maximum absolute atomic E-state index is 12.8. The van der Waals surface area contributed by atoms with Crippen LogP contribution in [-0.4, -0.2) is 25.0 Å². The van der Waals surface area contributed by atoms with E-state index in [-0.39, 0.29) is 18.3 Å². The molecule has 3 N–H and O–H groups in total. The number of rotatable bonds is 7. The predicted molar refractivity (Wildman–Crippen MR) is 94.5 cm³/mol. The van der Waals surface area contributed by atoms with Crippen molar-refractivity contribution in [3.63, 3.8) is 0 Å². The van der Waals surface area contributed by atoms with Gasteiger partial charge in [-0.2, -0.15) is 0 Å². The molecule has 132 valence electrons. The van der Waals surface area contributed by atoms with E-state index in [1.807, 2.05) is 31.2 Å². The molecule has 0 aliphatic carbocycles. The van der Waals surface area contributed by atoms with Crippen molar-refractivity contribution in [2.75, 3.05) is 13.1 Å². The van der Waals surface area contributed by atoms with Crippen molar-refractivity contribution in [1.29, 1.82) is 0 Å². The van der Waals surface area contributed by atoms with Gasteiger partial charge < -0.3 is 16.0 Å². The molecule has 0 atom stereocenters. The monoisotopic (exact) mass is 343 g/mol. The molecule has 0 aliphatic heterocycles. The Hall–Kier alpha value is -2.89. The molecule has 0 bridgehead atoms. The predicted octanol–water partition coefficient (Wildman–Crippen LogP) is 2.29. The molecule has 0 aromatic heterocycles. The molecule has 0 heterocycles. The molecule has 2 aromatic carbocycles. The molecule has 0 fully saturated rings. The van der Waals surface area contributed by atoms with Gasteiger partial charge in [-0.1, -0.05) is 42.0 Å². The normalized spacial score (nSPS) is 10.2. The first kappa shape index (κ1) is 18.4. The SMILES string of the molecule is Cc1ccc(CNC(=O)NCC(=O)NCCc2ccc(F)cc2)cc1. The second kappa shape index (κ2) is 9.42. The number of amides is 3. The summed E-state index contributed by atoms with van der Waals surface area (Å²) in [7, 11) is 0. The van der Waals surface area contributed by atoms with Gasteiger partial charge >= 0.3 is 6.03 Å². The minimum atomic E-state index is -0.394.